The highest BCUT2D eigenvalue weighted by Gasteiger charge is 2.57. The van der Waals surface area contributed by atoms with Crippen molar-refractivity contribution in [2.24, 2.45) is 17.8 Å². The van der Waals surface area contributed by atoms with E-state index < -0.39 is 0 Å². The van der Waals surface area contributed by atoms with Gasteiger partial charge < -0.3 is 0 Å². The van der Waals surface area contributed by atoms with Crippen molar-refractivity contribution in [2.75, 3.05) is 0 Å². The molecule has 1 aromatic carbocycles. The number of likely N-dealkylation sites (tertiary alicyclic amines) is 1. The highest BCUT2D eigenvalue weighted by atomic mass is 15.2. The lowest BCUT2D eigenvalue weighted by Gasteiger charge is -2.44. The summed E-state index contributed by atoms with van der Waals surface area (Å²) in [5, 5.41) is 9.79. The SMILES string of the molecule is CC1=CC=C(C2(C3=CC4C5C=CCCC5N(C5C=CC=CC5)C4C=C3)c3ccccc3C3C=[N+](C#N)C=CC32)CC1. The van der Waals surface area contributed by atoms with Gasteiger partial charge in [0, 0.05) is 47.2 Å². The molecular formula is C38H38N3+. The van der Waals surface area contributed by atoms with Crippen LogP contribution in [0.5, 0.6) is 0 Å². The lowest BCUT2D eigenvalue weighted by Crippen LogP contribution is -2.45. The molecule has 0 N–H and O–H groups in total. The number of hydrogen-bond acceptors (Lipinski definition) is 2. The summed E-state index contributed by atoms with van der Waals surface area (Å²) in [6.45, 7) is 2.26. The topological polar surface area (TPSA) is 30.0 Å². The molecule has 0 aromatic heterocycles. The summed E-state index contributed by atoms with van der Waals surface area (Å²) in [5.74, 6) is 1.43. The van der Waals surface area contributed by atoms with Gasteiger partial charge in [-0.05, 0) is 61.8 Å². The Morgan fingerprint density at radius 2 is 1.93 bits per heavy atom. The molecule has 0 radical (unpaired) electrons. The zero-order valence-corrected chi connectivity index (χ0v) is 23.8. The Morgan fingerprint density at radius 1 is 1.00 bits per heavy atom. The first-order valence-electron chi connectivity index (χ1n) is 15.6. The van der Waals surface area contributed by atoms with E-state index in [1.54, 1.807) is 4.58 Å². The van der Waals surface area contributed by atoms with Crippen LogP contribution < -0.4 is 0 Å². The molecule has 0 saturated carbocycles. The van der Waals surface area contributed by atoms with E-state index in [2.05, 4.69) is 121 Å². The van der Waals surface area contributed by atoms with E-state index in [9.17, 15) is 5.26 Å². The first kappa shape index (κ1) is 25.0. The highest BCUT2D eigenvalue weighted by Crippen LogP contribution is 2.61. The van der Waals surface area contributed by atoms with E-state index in [0.29, 0.717) is 30.0 Å². The van der Waals surface area contributed by atoms with Gasteiger partial charge in [-0.3, -0.25) is 4.90 Å². The minimum Gasteiger partial charge on any atom is -0.286 e. The second-order valence-electron chi connectivity index (χ2n) is 12.9. The molecule has 0 bridgehead atoms. The Balaban J connectivity index is 1.31. The van der Waals surface area contributed by atoms with Crippen LogP contribution in [-0.4, -0.2) is 33.8 Å². The van der Waals surface area contributed by atoms with E-state index in [1.165, 1.54) is 40.7 Å². The van der Waals surface area contributed by atoms with Gasteiger partial charge in [-0.2, -0.15) is 4.58 Å². The monoisotopic (exact) mass is 536 g/mol. The number of benzene rings is 1. The minimum absolute atomic E-state index is 0.178. The summed E-state index contributed by atoms with van der Waals surface area (Å²) in [4.78, 5) is 2.85. The molecule has 8 rings (SSSR count). The third-order valence-electron chi connectivity index (χ3n) is 11.0. The Bertz CT molecular complexity index is 1600. The second kappa shape index (κ2) is 9.68. The van der Waals surface area contributed by atoms with Gasteiger partial charge >= 0.3 is 6.19 Å². The Labute approximate surface area is 244 Å². The quantitative estimate of drug-likeness (QED) is 0.229. The fourth-order valence-corrected chi connectivity index (χ4v) is 9.33. The normalized spacial score (nSPS) is 38.2. The molecule has 7 aliphatic rings. The number of fused-ring (bicyclic) bond motifs is 6. The molecule has 1 aromatic rings. The van der Waals surface area contributed by atoms with E-state index >= 15 is 0 Å². The molecule has 0 amide bonds. The summed E-state index contributed by atoms with van der Waals surface area (Å²) in [6, 6.07) is 10.6. The Hall–Kier alpha value is -3.74. The van der Waals surface area contributed by atoms with Gasteiger partial charge in [0.05, 0.1) is 6.21 Å². The zero-order chi connectivity index (χ0) is 27.6. The molecule has 204 valence electrons. The van der Waals surface area contributed by atoms with Crippen LogP contribution in [0.15, 0.2) is 120 Å². The van der Waals surface area contributed by atoms with Gasteiger partial charge in [0.15, 0.2) is 5.26 Å². The summed E-state index contributed by atoms with van der Waals surface area (Å²) in [7, 11) is 0. The van der Waals surface area contributed by atoms with E-state index in [-0.39, 0.29) is 17.3 Å². The third kappa shape index (κ3) is 3.63. The smallest absolute Gasteiger partial charge is 0.286 e. The van der Waals surface area contributed by atoms with Crippen LogP contribution in [0.4, 0.5) is 0 Å². The molecule has 1 fully saturated rings. The van der Waals surface area contributed by atoms with Crippen LogP contribution in [0.25, 0.3) is 0 Å². The maximum Gasteiger partial charge on any atom is 0.463 e. The van der Waals surface area contributed by atoms with E-state index in [1.807, 2.05) is 6.20 Å². The molecule has 1 saturated heterocycles. The number of nitrogens with zero attached hydrogens (tertiary/aromatic N) is 3. The van der Waals surface area contributed by atoms with Crippen molar-refractivity contribution in [2.45, 2.75) is 68.5 Å². The van der Waals surface area contributed by atoms with Crippen molar-refractivity contribution in [3.8, 4) is 6.19 Å². The van der Waals surface area contributed by atoms with Gasteiger partial charge in [-0.25, -0.2) is 0 Å². The second-order valence-corrected chi connectivity index (χ2v) is 12.9. The minimum atomic E-state index is -0.233. The third-order valence-corrected chi connectivity index (χ3v) is 11.0. The maximum atomic E-state index is 9.79. The van der Waals surface area contributed by atoms with Crippen LogP contribution >= 0.6 is 0 Å². The van der Waals surface area contributed by atoms with Crippen molar-refractivity contribution < 1.29 is 4.58 Å². The molecule has 3 nitrogen and oxygen atoms in total. The lowest BCUT2D eigenvalue weighted by atomic mass is 9.59. The van der Waals surface area contributed by atoms with Gasteiger partial charge in [-0.15, -0.1) is 0 Å². The molecule has 5 aliphatic carbocycles. The van der Waals surface area contributed by atoms with Crippen molar-refractivity contribution in [1.82, 2.24) is 4.90 Å². The van der Waals surface area contributed by atoms with E-state index in [4.69, 9.17) is 0 Å². The first-order valence-corrected chi connectivity index (χ1v) is 15.6. The van der Waals surface area contributed by atoms with Gasteiger partial charge in [-0.1, -0.05) is 102 Å². The lowest BCUT2D eigenvalue weighted by molar-refractivity contribution is -0.358. The van der Waals surface area contributed by atoms with Crippen LogP contribution in [0.3, 0.4) is 0 Å². The van der Waals surface area contributed by atoms with Crippen molar-refractivity contribution in [3.63, 3.8) is 0 Å². The average molecular weight is 537 g/mol. The van der Waals surface area contributed by atoms with Gasteiger partial charge in [0.2, 0.25) is 0 Å². The van der Waals surface area contributed by atoms with Gasteiger partial charge in [0.25, 0.3) is 0 Å². The average Bonchev–Trinajstić information content (AvgIpc) is 3.52. The summed E-state index contributed by atoms with van der Waals surface area (Å²) >= 11 is 0. The Morgan fingerprint density at radius 3 is 2.76 bits per heavy atom. The van der Waals surface area contributed by atoms with Crippen LogP contribution in [0, 0.1) is 29.2 Å². The molecule has 0 spiro atoms. The zero-order valence-electron chi connectivity index (χ0n) is 23.8. The fourth-order valence-electron chi connectivity index (χ4n) is 9.33. The van der Waals surface area contributed by atoms with Crippen LogP contribution in [0.1, 0.15) is 56.1 Å². The van der Waals surface area contributed by atoms with E-state index in [0.717, 1.165) is 19.3 Å². The van der Waals surface area contributed by atoms with Crippen molar-refractivity contribution in [3.05, 3.63) is 131 Å². The summed E-state index contributed by atoms with van der Waals surface area (Å²) in [5.41, 5.74) is 7.00. The molecule has 8 atom stereocenters. The standard InChI is InChI=1S/C38H38N3/c1-26-15-17-27(18-16-26)38(34-13-7-5-11-30(34)33-24-40(25-39)22-21-35(33)38)28-19-20-37-32(23-28)31-12-6-8-14-36(31)41(37)29-9-3-2-4-10-29/h2-7,9,11-13,15,17,19-24,29,31-33,35-37H,8,10,14,16,18H2,1H3/q+1. The fraction of sp³-hybridized carbons (Fsp3) is 0.368. The number of hydrogen-bond donors (Lipinski definition) is 0. The van der Waals surface area contributed by atoms with Crippen LogP contribution in [-0.2, 0) is 5.41 Å². The molecular weight excluding hydrogens is 498 g/mol. The molecule has 41 heavy (non-hydrogen) atoms. The maximum absolute atomic E-state index is 9.79. The van der Waals surface area contributed by atoms with Crippen LogP contribution in [0.2, 0.25) is 0 Å². The summed E-state index contributed by atoms with van der Waals surface area (Å²) < 4.78 is 1.70. The highest BCUT2D eigenvalue weighted by molar-refractivity contribution is 5.76. The molecule has 2 heterocycles. The van der Waals surface area contributed by atoms with Crippen molar-refractivity contribution in [1.29, 1.82) is 5.26 Å². The molecule has 2 aliphatic heterocycles. The molecule has 8 unspecified atom stereocenters. The Kier molecular flexibility index (Phi) is 5.90. The molecule has 3 heteroatoms. The predicted molar refractivity (Wildman–Crippen MR) is 165 cm³/mol. The summed E-state index contributed by atoms with van der Waals surface area (Å²) in [6.07, 6.45) is 41.3. The predicted octanol–water partition coefficient (Wildman–Crippen LogP) is 7.41. The number of nitriles is 1. The number of allylic oxidation sites excluding steroid dienone is 10. The van der Waals surface area contributed by atoms with Crippen molar-refractivity contribution >= 4 is 6.21 Å². The first-order chi connectivity index (χ1) is 20.2. The number of rotatable bonds is 3. The van der Waals surface area contributed by atoms with Gasteiger partial charge in [0.1, 0.15) is 6.20 Å². The largest absolute Gasteiger partial charge is 0.463 e.